The van der Waals surface area contributed by atoms with Crippen LogP contribution in [0.4, 0.5) is 0 Å². The van der Waals surface area contributed by atoms with E-state index >= 15 is 0 Å². The van der Waals surface area contributed by atoms with Gasteiger partial charge in [-0.05, 0) is 47.2 Å². The van der Waals surface area contributed by atoms with Gasteiger partial charge >= 0.3 is 0 Å². The Kier molecular flexibility index (Phi) is 4.75. The second-order valence-corrected chi connectivity index (χ2v) is 7.82. The Morgan fingerprint density at radius 2 is 1.59 bits per heavy atom. The van der Waals surface area contributed by atoms with Crippen LogP contribution >= 0.6 is 22.9 Å². The lowest BCUT2D eigenvalue weighted by atomic mass is 10.1. The van der Waals surface area contributed by atoms with E-state index in [1.165, 1.54) is 16.7 Å². The number of rotatable bonds is 6. The number of fused-ring (bicyclic) bond motifs is 2. The van der Waals surface area contributed by atoms with E-state index in [4.69, 9.17) is 21.1 Å². The zero-order chi connectivity index (χ0) is 19.6. The first-order chi connectivity index (χ1) is 14.2. The van der Waals surface area contributed by atoms with Gasteiger partial charge in [-0.2, -0.15) is 9.61 Å². The fourth-order valence-electron chi connectivity index (χ4n) is 2.93. The van der Waals surface area contributed by atoms with Crippen molar-refractivity contribution in [3.8, 4) is 11.5 Å². The molecule has 3 aromatic carbocycles. The lowest BCUT2D eigenvalue weighted by Gasteiger charge is -2.05. The summed E-state index contributed by atoms with van der Waals surface area (Å²) in [5.41, 5.74) is 0. The highest BCUT2D eigenvalue weighted by Crippen LogP contribution is 2.23. The molecule has 0 aliphatic carbocycles. The predicted molar refractivity (Wildman–Crippen MR) is 113 cm³/mol. The Balaban J connectivity index is 1.28. The summed E-state index contributed by atoms with van der Waals surface area (Å²) in [6, 6.07) is 21.4. The lowest BCUT2D eigenvalue weighted by molar-refractivity contribution is 0.290. The number of aromatic nitrogens is 4. The first-order valence-electron chi connectivity index (χ1n) is 8.94. The molecule has 0 spiro atoms. The molecule has 6 nitrogen and oxygen atoms in total. The van der Waals surface area contributed by atoms with Gasteiger partial charge in [0.15, 0.2) is 10.8 Å². The van der Waals surface area contributed by atoms with Crippen molar-refractivity contribution in [1.29, 1.82) is 0 Å². The minimum Gasteiger partial charge on any atom is -0.486 e. The molecule has 0 bridgehead atoms. The van der Waals surface area contributed by atoms with Gasteiger partial charge in [0, 0.05) is 5.02 Å². The van der Waals surface area contributed by atoms with Crippen molar-refractivity contribution in [3.63, 3.8) is 0 Å². The smallest absolute Gasteiger partial charge is 0.234 e. The Bertz CT molecular complexity index is 1280. The number of hydrogen-bond donors (Lipinski definition) is 0. The normalized spacial score (nSPS) is 11.2. The fourth-order valence-corrected chi connectivity index (χ4v) is 3.82. The molecule has 144 valence electrons. The van der Waals surface area contributed by atoms with E-state index < -0.39 is 0 Å². The SMILES string of the molecule is Clc1ccc(OCc2nnc3sc(COc4ccc5ccccc5c4)nn23)cc1. The largest absolute Gasteiger partial charge is 0.486 e. The third kappa shape index (κ3) is 3.87. The van der Waals surface area contributed by atoms with Crippen LogP contribution in [-0.4, -0.2) is 19.8 Å². The number of nitrogens with zero attached hydrogens (tertiary/aromatic N) is 4. The van der Waals surface area contributed by atoms with Crippen LogP contribution in [-0.2, 0) is 13.2 Å². The molecule has 2 heterocycles. The molecule has 0 saturated carbocycles. The van der Waals surface area contributed by atoms with Gasteiger partial charge in [0.2, 0.25) is 4.96 Å². The minimum atomic E-state index is 0.261. The highest BCUT2D eigenvalue weighted by molar-refractivity contribution is 7.16. The average molecular weight is 423 g/mol. The first-order valence-corrected chi connectivity index (χ1v) is 10.1. The number of ether oxygens (including phenoxy) is 2. The molecule has 0 aliphatic rings. The zero-order valence-corrected chi connectivity index (χ0v) is 16.7. The summed E-state index contributed by atoms with van der Waals surface area (Å²) >= 11 is 7.34. The predicted octanol–water partition coefficient (Wildman–Crippen LogP) is 5.15. The monoisotopic (exact) mass is 422 g/mol. The highest BCUT2D eigenvalue weighted by Gasteiger charge is 2.13. The second kappa shape index (κ2) is 7.69. The summed E-state index contributed by atoms with van der Waals surface area (Å²) in [7, 11) is 0. The molecule has 5 aromatic rings. The van der Waals surface area contributed by atoms with Crippen LogP contribution in [0.15, 0.2) is 66.7 Å². The Morgan fingerprint density at radius 1 is 0.828 bits per heavy atom. The van der Waals surface area contributed by atoms with Crippen molar-refractivity contribution in [2.24, 2.45) is 0 Å². The second-order valence-electron chi connectivity index (χ2n) is 6.35. The lowest BCUT2D eigenvalue weighted by Crippen LogP contribution is -2.03. The van der Waals surface area contributed by atoms with Crippen molar-refractivity contribution in [2.75, 3.05) is 0 Å². The topological polar surface area (TPSA) is 61.5 Å². The van der Waals surface area contributed by atoms with Gasteiger partial charge in [0.1, 0.15) is 24.7 Å². The molecule has 0 aliphatic heterocycles. The number of benzene rings is 3. The van der Waals surface area contributed by atoms with Crippen molar-refractivity contribution in [3.05, 3.63) is 82.6 Å². The van der Waals surface area contributed by atoms with E-state index in [0.717, 1.165) is 16.1 Å². The molecule has 0 atom stereocenters. The Labute approximate surface area is 175 Å². The van der Waals surface area contributed by atoms with Gasteiger partial charge in [-0.3, -0.25) is 0 Å². The molecule has 0 fully saturated rings. The van der Waals surface area contributed by atoms with Gasteiger partial charge < -0.3 is 9.47 Å². The first kappa shape index (κ1) is 17.9. The molecule has 29 heavy (non-hydrogen) atoms. The third-order valence-corrected chi connectivity index (χ3v) is 5.49. The Morgan fingerprint density at radius 3 is 2.45 bits per heavy atom. The van der Waals surface area contributed by atoms with E-state index in [0.29, 0.717) is 28.2 Å². The summed E-state index contributed by atoms with van der Waals surface area (Å²) < 4.78 is 13.4. The van der Waals surface area contributed by atoms with E-state index in [1.54, 1.807) is 16.6 Å². The molecule has 0 amide bonds. The maximum Gasteiger partial charge on any atom is 0.234 e. The van der Waals surface area contributed by atoms with Crippen molar-refractivity contribution >= 4 is 38.7 Å². The van der Waals surface area contributed by atoms with Crippen LogP contribution in [0.2, 0.25) is 5.02 Å². The number of hydrogen-bond acceptors (Lipinski definition) is 6. The molecule has 0 N–H and O–H groups in total. The van der Waals surface area contributed by atoms with Crippen LogP contribution in [0, 0.1) is 0 Å². The van der Waals surface area contributed by atoms with Crippen LogP contribution in [0.1, 0.15) is 10.8 Å². The van der Waals surface area contributed by atoms with E-state index in [-0.39, 0.29) is 6.61 Å². The highest BCUT2D eigenvalue weighted by atomic mass is 35.5. The summed E-state index contributed by atoms with van der Waals surface area (Å²) in [5, 5.41) is 16.7. The maximum atomic E-state index is 5.92. The minimum absolute atomic E-state index is 0.261. The van der Waals surface area contributed by atoms with Gasteiger partial charge in [0.05, 0.1) is 0 Å². The van der Waals surface area contributed by atoms with Crippen LogP contribution in [0.3, 0.4) is 0 Å². The van der Waals surface area contributed by atoms with Crippen molar-refractivity contribution < 1.29 is 9.47 Å². The van der Waals surface area contributed by atoms with Gasteiger partial charge in [0.25, 0.3) is 0 Å². The zero-order valence-electron chi connectivity index (χ0n) is 15.2. The molecular weight excluding hydrogens is 408 g/mol. The van der Waals surface area contributed by atoms with Crippen molar-refractivity contribution in [2.45, 2.75) is 13.2 Å². The molecule has 0 unspecified atom stereocenters. The van der Waals surface area contributed by atoms with Crippen LogP contribution in [0.5, 0.6) is 11.5 Å². The standard InChI is InChI=1S/C21H15ClN4O2S/c22-16-6-9-17(10-7-16)27-12-19-23-24-21-26(19)25-20(29-21)13-28-18-8-5-14-3-1-2-4-15(14)11-18/h1-11H,12-13H2. The number of halogens is 1. The summed E-state index contributed by atoms with van der Waals surface area (Å²) in [6.45, 7) is 0.626. The van der Waals surface area contributed by atoms with E-state index in [9.17, 15) is 0 Å². The van der Waals surface area contributed by atoms with Crippen LogP contribution in [0.25, 0.3) is 15.7 Å². The van der Waals surface area contributed by atoms with E-state index in [2.05, 4.69) is 33.5 Å². The van der Waals surface area contributed by atoms with Gasteiger partial charge in [-0.25, -0.2) is 0 Å². The summed E-state index contributed by atoms with van der Waals surface area (Å²) in [4.78, 5) is 0.705. The maximum absolute atomic E-state index is 5.92. The van der Waals surface area contributed by atoms with Crippen molar-refractivity contribution in [1.82, 2.24) is 19.8 Å². The molecule has 5 rings (SSSR count). The fraction of sp³-hybridized carbons (Fsp3) is 0.0952. The molecule has 2 aromatic heterocycles. The van der Waals surface area contributed by atoms with Crippen LogP contribution < -0.4 is 9.47 Å². The third-order valence-electron chi connectivity index (χ3n) is 4.36. The van der Waals surface area contributed by atoms with Gasteiger partial charge in [-0.15, -0.1) is 10.2 Å². The average Bonchev–Trinajstić information content (AvgIpc) is 3.32. The Hall–Kier alpha value is -3.16. The quantitative estimate of drug-likeness (QED) is 0.378. The molecule has 0 saturated heterocycles. The molecular formula is C21H15ClN4O2S. The summed E-state index contributed by atoms with van der Waals surface area (Å²) in [5.74, 6) is 2.14. The molecule has 0 radical (unpaired) electrons. The van der Waals surface area contributed by atoms with E-state index in [1.807, 2.05) is 36.4 Å². The summed E-state index contributed by atoms with van der Waals surface area (Å²) in [6.07, 6.45) is 0. The molecule has 8 heteroatoms. The van der Waals surface area contributed by atoms with Gasteiger partial charge in [-0.1, -0.05) is 53.3 Å².